The predicted octanol–water partition coefficient (Wildman–Crippen LogP) is 1.95. The zero-order valence-corrected chi connectivity index (χ0v) is 10.9. The summed E-state index contributed by atoms with van der Waals surface area (Å²) in [6.07, 6.45) is 1.12. The average Bonchev–Trinajstić information content (AvgIpc) is 2.73. The fraction of sp³-hybridized carbons (Fsp3) is 0.909. The van der Waals surface area contributed by atoms with Gasteiger partial charge in [-0.05, 0) is 43.2 Å². The second kappa shape index (κ2) is 5.94. The van der Waals surface area contributed by atoms with Gasteiger partial charge < -0.3 is 5.32 Å². The third-order valence-electron chi connectivity index (χ3n) is 2.96. The Morgan fingerprint density at radius 3 is 2.50 bits per heavy atom. The summed E-state index contributed by atoms with van der Waals surface area (Å²) in [7, 11) is 0. The minimum atomic E-state index is 0.205. The van der Waals surface area contributed by atoms with E-state index in [1.165, 1.54) is 0 Å². The molecule has 0 bridgehead atoms. The Labute approximate surface area is 97.6 Å². The van der Waals surface area contributed by atoms with Gasteiger partial charge in [0.2, 0.25) is 0 Å². The second-order valence-corrected chi connectivity index (χ2v) is 4.64. The van der Waals surface area contributed by atoms with Crippen molar-refractivity contribution in [1.29, 1.82) is 0 Å². The average molecular weight is 225 g/mol. The van der Waals surface area contributed by atoms with Crippen molar-refractivity contribution in [3.8, 4) is 0 Å². The molecule has 0 spiro atoms. The smallest absolute Gasteiger partial charge is 0.168 e. The predicted molar refractivity (Wildman–Crippen MR) is 64.1 cm³/mol. The Hall–Kier alpha value is -0.970. The molecule has 5 heteroatoms. The van der Waals surface area contributed by atoms with Crippen LogP contribution in [0.25, 0.3) is 0 Å². The fourth-order valence-electron chi connectivity index (χ4n) is 1.51. The van der Waals surface area contributed by atoms with Crippen LogP contribution in [0, 0.1) is 5.92 Å². The van der Waals surface area contributed by atoms with E-state index in [9.17, 15) is 0 Å². The van der Waals surface area contributed by atoms with E-state index in [4.69, 9.17) is 0 Å². The molecular weight excluding hydrogens is 202 g/mol. The maximum Gasteiger partial charge on any atom is 0.168 e. The summed E-state index contributed by atoms with van der Waals surface area (Å²) >= 11 is 0. The standard InChI is InChI=1S/C11H23N5/c1-6-7-12-9(4)11-13-14-15-16(11)10(5)8(2)3/h8-10,12H,6-7H2,1-5H3. The number of aromatic nitrogens is 4. The van der Waals surface area contributed by atoms with Crippen molar-refractivity contribution >= 4 is 0 Å². The monoisotopic (exact) mass is 225 g/mol. The maximum absolute atomic E-state index is 4.11. The molecule has 0 aromatic carbocycles. The van der Waals surface area contributed by atoms with Crippen molar-refractivity contribution in [2.75, 3.05) is 6.54 Å². The molecule has 1 rings (SSSR count). The van der Waals surface area contributed by atoms with E-state index < -0.39 is 0 Å². The molecule has 1 aromatic heterocycles. The Morgan fingerprint density at radius 2 is 1.94 bits per heavy atom. The molecular formula is C11H23N5. The quantitative estimate of drug-likeness (QED) is 0.804. The van der Waals surface area contributed by atoms with Gasteiger partial charge in [0.1, 0.15) is 0 Å². The number of hydrogen-bond donors (Lipinski definition) is 1. The van der Waals surface area contributed by atoms with E-state index in [0.717, 1.165) is 18.8 Å². The lowest BCUT2D eigenvalue weighted by Gasteiger charge is -2.19. The molecule has 0 aliphatic carbocycles. The molecule has 92 valence electrons. The van der Waals surface area contributed by atoms with Crippen LogP contribution in [0.1, 0.15) is 58.9 Å². The summed E-state index contributed by atoms with van der Waals surface area (Å²) in [6.45, 7) is 11.8. The van der Waals surface area contributed by atoms with Crippen molar-refractivity contribution in [3.05, 3.63) is 5.82 Å². The first-order chi connectivity index (χ1) is 7.57. The molecule has 0 saturated heterocycles. The fourth-order valence-corrected chi connectivity index (χ4v) is 1.51. The number of nitrogens with zero attached hydrogens (tertiary/aromatic N) is 4. The summed E-state index contributed by atoms with van der Waals surface area (Å²) in [5.74, 6) is 1.45. The highest BCUT2D eigenvalue weighted by Gasteiger charge is 2.19. The lowest BCUT2D eigenvalue weighted by Crippen LogP contribution is -2.25. The summed E-state index contributed by atoms with van der Waals surface area (Å²) in [4.78, 5) is 0. The van der Waals surface area contributed by atoms with Gasteiger partial charge in [0.05, 0.1) is 12.1 Å². The topological polar surface area (TPSA) is 55.6 Å². The third kappa shape index (κ3) is 3.01. The van der Waals surface area contributed by atoms with Crippen LogP contribution in [0.4, 0.5) is 0 Å². The van der Waals surface area contributed by atoms with E-state index in [1.54, 1.807) is 0 Å². The molecule has 0 amide bonds. The van der Waals surface area contributed by atoms with Gasteiger partial charge in [-0.1, -0.05) is 20.8 Å². The number of rotatable bonds is 6. The molecule has 0 aliphatic rings. The summed E-state index contributed by atoms with van der Waals surface area (Å²) < 4.78 is 1.93. The zero-order valence-electron chi connectivity index (χ0n) is 10.9. The van der Waals surface area contributed by atoms with Crippen molar-refractivity contribution in [2.24, 2.45) is 5.92 Å². The highest BCUT2D eigenvalue weighted by Crippen LogP contribution is 2.19. The maximum atomic E-state index is 4.11. The Morgan fingerprint density at radius 1 is 1.25 bits per heavy atom. The van der Waals surface area contributed by atoms with Crippen LogP contribution in [0.5, 0.6) is 0 Å². The summed E-state index contributed by atoms with van der Waals surface area (Å²) in [6, 6.07) is 0.534. The van der Waals surface area contributed by atoms with Gasteiger partial charge in [0.25, 0.3) is 0 Å². The third-order valence-corrected chi connectivity index (χ3v) is 2.96. The van der Waals surface area contributed by atoms with Crippen molar-refractivity contribution in [2.45, 2.75) is 53.1 Å². The van der Waals surface area contributed by atoms with Crippen LogP contribution in [0.15, 0.2) is 0 Å². The van der Waals surface area contributed by atoms with E-state index in [-0.39, 0.29) is 6.04 Å². The van der Waals surface area contributed by atoms with Gasteiger partial charge in [-0.25, -0.2) is 4.68 Å². The minimum Gasteiger partial charge on any atom is -0.307 e. The van der Waals surface area contributed by atoms with E-state index in [0.29, 0.717) is 12.0 Å². The molecule has 5 nitrogen and oxygen atoms in total. The SMILES string of the molecule is CCCNC(C)c1nnnn1C(C)C(C)C. The van der Waals surface area contributed by atoms with Crippen molar-refractivity contribution in [3.63, 3.8) is 0 Å². The minimum absolute atomic E-state index is 0.205. The first kappa shape index (κ1) is 13.1. The lowest BCUT2D eigenvalue weighted by atomic mass is 10.1. The molecule has 16 heavy (non-hydrogen) atoms. The van der Waals surface area contributed by atoms with Gasteiger partial charge in [0.15, 0.2) is 5.82 Å². The van der Waals surface area contributed by atoms with Gasteiger partial charge >= 0.3 is 0 Å². The summed E-state index contributed by atoms with van der Waals surface area (Å²) in [5.41, 5.74) is 0. The van der Waals surface area contributed by atoms with Gasteiger partial charge in [-0.3, -0.25) is 0 Å². The molecule has 1 aromatic rings. The first-order valence-electron chi connectivity index (χ1n) is 6.09. The van der Waals surface area contributed by atoms with Crippen molar-refractivity contribution < 1.29 is 0 Å². The van der Waals surface area contributed by atoms with E-state index >= 15 is 0 Å². The number of nitrogens with one attached hydrogen (secondary N) is 1. The van der Waals surface area contributed by atoms with Gasteiger partial charge in [0, 0.05) is 0 Å². The van der Waals surface area contributed by atoms with Crippen LogP contribution < -0.4 is 5.32 Å². The normalized spacial score (nSPS) is 15.4. The zero-order chi connectivity index (χ0) is 12.1. The number of hydrogen-bond acceptors (Lipinski definition) is 4. The molecule has 2 unspecified atom stereocenters. The Kier molecular flexibility index (Phi) is 4.86. The molecule has 1 N–H and O–H groups in total. The van der Waals surface area contributed by atoms with Crippen LogP contribution >= 0.6 is 0 Å². The van der Waals surface area contributed by atoms with Crippen LogP contribution in [-0.2, 0) is 0 Å². The van der Waals surface area contributed by atoms with Crippen LogP contribution in [0.3, 0.4) is 0 Å². The van der Waals surface area contributed by atoms with Crippen LogP contribution in [0.2, 0.25) is 0 Å². The molecule has 0 radical (unpaired) electrons. The van der Waals surface area contributed by atoms with Crippen molar-refractivity contribution in [1.82, 2.24) is 25.5 Å². The largest absolute Gasteiger partial charge is 0.307 e. The molecule has 0 aliphatic heterocycles. The second-order valence-electron chi connectivity index (χ2n) is 4.64. The molecule has 2 atom stereocenters. The molecule has 0 saturated carbocycles. The highest BCUT2D eigenvalue weighted by atomic mass is 15.6. The van der Waals surface area contributed by atoms with Gasteiger partial charge in [-0.2, -0.15) is 0 Å². The first-order valence-corrected chi connectivity index (χ1v) is 6.09. The summed E-state index contributed by atoms with van der Waals surface area (Å²) in [5, 5.41) is 15.4. The van der Waals surface area contributed by atoms with Gasteiger partial charge in [-0.15, -0.1) is 5.10 Å². The molecule has 0 fully saturated rings. The number of tetrazole rings is 1. The Bertz CT molecular complexity index is 307. The van der Waals surface area contributed by atoms with E-state index in [1.807, 2.05) is 4.68 Å². The van der Waals surface area contributed by atoms with Crippen LogP contribution in [-0.4, -0.2) is 26.8 Å². The van der Waals surface area contributed by atoms with E-state index in [2.05, 4.69) is 55.5 Å². The highest BCUT2D eigenvalue weighted by molar-refractivity contribution is 4.91. The lowest BCUT2D eigenvalue weighted by molar-refractivity contribution is 0.345. The Balaban J connectivity index is 2.77. The molecule has 1 heterocycles.